The molecule has 3 saturated heterocycles. The summed E-state index contributed by atoms with van der Waals surface area (Å²) in [4.78, 5) is 78.4. The van der Waals surface area contributed by atoms with E-state index in [1.807, 2.05) is 66.7 Å². The highest BCUT2D eigenvalue weighted by Crippen LogP contribution is 2.49. The van der Waals surface area contributed by atoms with Crippen LogP contribution in [0, 0.1) is 11.6 Å². The summed E-state index contributed by atoms with van der Waals surface area (Å²) in [7, 11) is 5.09. The fraction of sp³-hybridized carbons (Fsp3) is 0.446. The summed E-state index contributed by atoms with van der Waals surface area (Å²) in [6, 6.07) is 35.7. The van der Waals surface area contributed by atoms with Gasteiger partial charge < -0.3 is 49.3 Å². The van der Waals surface area contributed by atoms with Crippen LogP contribution < -0.4 is 10.2 Å². The Balaban J connectivity index is 0.623. The van der Waals surface area contributed by atoms with Crippen LogP contribution in [0.4, 0.5) is 51.3 Å². The first kappa shape index (κ1) is 72.3. The number of fused-ring (bicyclic) bond motifs is 2. The molecule has 0 bridgehead atoms. The minimum atomic E-state index is -5.16. The van der Waals surface area contributed by atoms with E-state index in [0.717, 1.165) is 46.7 Å². The molecule has 0 radical (unpaired) electrons. The van der Waals surface area contributed by atoms with Crippen molar-refractivity contribution in [2.45, 2.75) is 106 Å². The molecule has 0 aromatic heterocycles. The summed E-state index contributed by atoms with van der Waals surface area (Å²) in [5.41, 5.74) is -0.0838. The molecule has 6 aromatic rings. The predicted octanol–water partition coefficient (Wildman–Crippen LogP) is 13.1. The van der Waals surface area contributed by atoms with Crippen molar-refractivity contribution in [1.29, 1.82) is 0 Å². The molecular formula is C74H84F8N8O8. The molecule has 2 atom stereocenters. The van der Waals surface area contributed by atoms with Gasteiger partial charge in [0.15, 0.2) is 0 Å². The lowest BCUT2D eigenvalue weighted by Crippen LogP contribution is -2.50. The highest BCUT2D eigenvalue weighted by molar-refractivity contribution is 5.96. The van der Waals surface area contributed by atoms with Crippen molar-refractivity contribution in [2.24, 2.45) is 0 Å². The van der Waals surface area contributed by atoms with Gasteiger partial charge in [0.2, 0.25) is 11.8 Å². The second kappa shape index (κ2) is 31.6. The maximum atomic E-state index is 15.4. The van der Waals surface area contributed by atoms with Gasteiger partial charge in [-0.05, 0) is 148 Å². The number of unbranched alkanes of at least 4 members (excludes halogenated alkanes) is 2. The minimum Gasteiger partial charge on any atom is -0.465 e. The van der Waals surface area contributed by atoms with Gasteiger partial charge in [-0.15, -0.1) is 0 Å². The number of hydrogen-bond acceptors (Lipinski definition) is 10. The topological polar surface area (TPSA) is 159 Å². The highest BCUT2D eigenvalue weighted by atomic mass is 19.4. The van der Waals surface area contributed by atoms with Crippen LogP contribution in [0.2, 0.25) is 0 Å². The number of nitrogens with zero attached hydrogens (tertiary/aromatic N) is 7. The Hall–Kier alpha value is -8.45. The Morgan fingerprint density at radius 2 is 1.31 bits per heavy atom. The van der Waals surface area contributed by atoms with Crippen molar-refractivity contribution < 1.29 is 73.7 Å². The third-order valence-electron chi connectivity index (χ3n) is 19.9. The quantitative estimate of drug-likeness (QED) is 0.0393. The second-order valence-electron chi connectivity index (χ2n) is 26.2. The number of piperidine rings is 2. The first-order valence-electron chi connectivity index (χ1n) is 33.4. The first-order valence-corrected chi connectivity index (χ1v) is 33.4. The van der Waals surface area contributed by atoms with Crippen LogP contribution >= 0.6 is 0 Å². The highest BCUT2D eigenvalue weighted by Gasteiger charge is 2.50. The summed E-state index contributed by atoms with van der Waals surface area (Å²) >= 11 is 0. The monoisotopic (exact) mass is 1360 g/mol. The summed E-state index contributed by atoms with van der Waals surface area (Å²) < 4.78 is 125. The summed E-state index contributed by atoms with van der Waals surface area (Å²) in [6.45, 7) is 4.46. The van der Waals surface area contributed by atoms with E-state index >= 15 is 4.39 Å². The van der Waals surface area contributed by atoms with E-state index in [0.29, 0.717) is 127 Å². The molecule has 0 saturated carbocycles. The number of hydrogen-bond donors (Lipinski definition) is 2. The largest absolute Gasteiger partial charge is 0.465 e. The standard InChI is InChI=1S/C74H84F8N8O8/c1-84(34-14-35-86(3)68(93)53-22-27-63(62(76)45-53)83-33-13-5-8-21-66(91)85(2)41-42-87-36-28-59(29-37-87)90(70(95)96)64-20-12-10-18-60(64)51-15-6-4-7-16-51)67(92)48-97-65-46-52-17-9-11-19-61(52)71(65)30-38-88(39-31-71)40-32-72(55-23-25-58(75)26-24-55)49-89(50-98-72)69(94)54-43-56(73(77,78)79)47-57(44-54)74(80,81)82/h4,6-7,9-12,15-20,22-27,43-45,47,59,65,83H,5,8,13-14,21,28-42,46,48-50H2,1-3H3,(H,95,96)/t65-,72+/m0/s1. The smallest absolute Gasteiger partial charge is 0.416 e. The summed E-state index contributed by atoms with van der Waals surface area (Å²) in [6.07, 6.45) is -5.23. The van der Waals surface area contributed by atoms with E-state index in [4.69, 9.17) is 9.47 Å². The first-order chi connectivity index (χ1) is 46.8. The predicted molar refractivity (Wildman–Crippen MR) is 355 cm³/mol. The van der Waals surface area contributed by atoms with Crippen molar-refractivity contribution in [2.75, 3.05) is 117 Å². The number of carboxylic acid groups (broad SMARTS) is 1. The average molecular weight is 1370 g/mol. The van der Waals surface area contributed by atoms with E-state index in [2.05, 4.69) is 27.2 Å². The number of likely N-dealkylation sites (N-methyl/N-ethyl adjacent to an activating group) is 2. The number of halogens is 8. The van der Waals surface area contributed by atoms with Crippen LogP contribution in [0.1, 0.15) is 113 Å². The maximum absolute atomic E-state index is 15.4. The van der Waals surface area contributed by atoms with Gasteiger partial charge in [0.1, 0.15) is 30.6 Å². The van der Waals surface area contributed by atoms with E-state index in [1.54, 1.807) is 37.0 Å². The SMILES string of the molecule is CN(CCN1CCC(N(C(=O)O)c2ccccc2-c2ccccc2)CC1)C(=O)CCCCCNc1ccc(C(=O)N(C)CCCN(C)C(=O)CO[C@H]2Cc3ccccc3C23CCN(CC[C@]2(c4ccc(F)cc4)CN(C(=O)c4cc(C(F)(F)F)cc(C(F)(F)F)c4)CO2)CC3)cc1F. The Morgan fingerprint density at radius 1 is 0.663 bits per heavy atom. The molecule has 16 nitrogen and oxygen atoms in total. The number of likely N-dealkylation sites (tertiary alicyclic amines) is 2. The Morgan fingerprint density at radius 3 is 1.99 bits per heavy atom. The van der Waals surface area contributed by atoms with Crippen molar-refractivity contribution in [1.82, 2.24) is 29.4 Å². The van der Waals surface area contributed by atoms with Crippen molar-refractivity contribution in [3.63, 3.8) is 0 Å². The molecule has 4 aliphatic rings. The molecule has 98 heavy (non-hydrogen) atoms. The zero-order valence-corrected chi connectivity index (χ0v) is 55.4. The number of amides is 5. The lowest BCUT2D eigenvalue weighted by molar-refractivity contribution is -0.143. The van der Waals surface area contributed by atoms with Crippen LogP contribution in [-0.2, 0) is 48.9 Å². The maximum Gasteiger partial charge on any atom is 0.416 e. The van der Waals surface area contributed by atoms with E-state index in [1.165, 1.54) is 46.2 Å². The van der Waals surface area contributed by atoms with Crippen LogP contribution in [0.3, 0.4) is 0 Å². The molecular weight excluding hydrogens is 1280 g/mol. The van der Waals surface area contributed by atoms with Gasteiger partial charge in [0, 0.05) is 108 Å². The van der Waals surface area contributed by atoms with Gasteiger partial charge in [-0.2, -0.15) is 26.3 Å². The van der Waals surface area contributed by atoms with Crippen molar-refractivity contribution in [3.8, 4) is 11.1 Å². The number of alkyl halides is 6. The van der Waals surface area contributed by atoms with Gasteiger partial charge in [-0.3, -0.25) is 24.1 Å². The van der Waals surface area contributed by atoms with Gasteiger partial charge in [0.05, 0.1) is 35.2 Å². The summed E-state index contributed by atoms with van der Waals surface area (Å²) in [5, 5.41) is 13.5. The van der Waals surface area contributed by atoms with E-state index in [-0.39, 0.29) is 73.3 Å². The van der Waals surface area contributed by atoms with Crippen LogP contribution in [0.25, 0.3) is 11.1 Å². The Kier molecular flexibility index (Phi) is 23.3. The molecule has 3 heterocycles. The third kappa shape index (κ3) is 17.3. The zero-order chi connectivity index (χ0) is 69.9. The average Bonchev–Trinajstić information content (AvgIpc) is 1.58. The van der Waals surface area contributed by atoms with Crippen LogP contribution in [0.15, 0.2) is 140 Å². The number of para-hydroxylation sites is 1. The lowest BCUT2D eigenvalue weighted by Gasteiger charge is -2.44. The Labute approximate surface area is 566 Å². The molecule has 0 unspecified atom stereocenters. The fourth-order valence-corrected chi connectivity index (χ4v) is 14.2. The normalized spacial score (nSPS) is 18.2. The number of ether oxygens (including phenoxy) is 2. The van der Waals surface area contributed by atoms with Gasteiger partial charge in [-0.1, -0.05) is 91.3 Å². The van der Waals surface area contributed by atoms with Crippen LogP contribution in [0.5, 0.6) is 0 Å². The van der Waals surface area contributed by atoms with Gasteiger partial charge >= 0.3 is 18.4 Å². The Bertz CT molecular complexity index is 3720. The number of rotatable bonds is 26. The number of nitrogens with one attached hydrogen (secondary N) is 1. The molecule has 6 aromatic carbocycles. The molecule has 5 amide bonds. The molecule has 524 valence electrons. The molecule has 2 N–H and O–H groups in total. The van der Waals surface area contributed by atoms with Crippen molar-refractivity contribution in [3.05, 3.63) is 190 Å². The second-order valence-corrected chi connectivity index (χ2v) is 26.2. The number of carbonyl (C=O) groups excluding carboxylic acids is 4. The van der Waals surface area contributed by atoms with E-state index in [9.17, 15) is 59.8 Å². The molecule has 24 heteroatoms. The van der Waals surface area contributed by atoms with Crippen molar-refractivity contribution >= 4 is 41.1 Å². The van der Waals surface area contributed by atoms with Gasteiger partial charge in [0.25, 0.3) is 11.8 Å². The lowest BCUT2D eigenvalue weighted by atomic mass is 9.72. The third-order valence-corrected chi connectivity index (χ3v) is 19.9. The summed E-state index contributed by atoms with van der Waals surface area (Å²) in [5.74, 6) is -2.78. The number of anilines is 2. The fourth-order valence-electron chi connectivity index (χ4n) is 14.2. The zero-order valence-electron chi connectivity index (χ0n) is 55.4. The molecule has 1 spiro atoms. The van der Waals surface area contributed by atoms with Gasteiger partial charge in [-0.25, -0.2) is 13.6 Å². The number of carbonyl (C=O) groups is 5. The molecule has 3 fully saturated rings. The van der Waals surface area contributed by atoms with E-state index < -0.39 is 70.4 Å². The molecule has 3 aliphatic heterocycles. The molecule has 1 aliphatic carbocycles. The van der Waals surface area contributed by atoms with Crippen LogP contribution in [-0.4, -0.2) is 183 Å². The molecule has 10 rings (SSSR count). The number of benzene rings is 6. The minimum absolute atomic E-state index is 0.0366.